The molecule has 1 rings (SSSR count). The van der Waals surface area contributed by atoms with Crippen LogP contribution < -0.4 is 4.13 Å². The minimum atomic E-state index is -6.60. The molecule has 0 bridgehead atoms. The third-order valence-corrected chi connectivity index (χ3v) is 5.72. The van der Waals surface area contributed by atoms with Gasteiger partial charge in [0.1, 0.15) is 0 Å². The van der Waals surface area contributed by atoms with Gasteiger partial charge < -0.3 is 14.9 Å². The summed E-state index contributed by atoms with van der Waals surface area (Å²) in [6.07, 6.45) is 4.41. The topological polar surface area (TPSA) is 107 Å². The van der Waals surface area contributed by atoms with E-state index in [-0.39, 0.29) is 6.61 Å². The Bertz CT molecular complexity index is 631. The molecule has 0 aromatic heterocycles. The zero-order chi connectivity index (χ0) is 20.3. The number of sulfonamides is 2. The molecule has 0 aromatic rings. The smallest absolute Gasteiger partial charge is 0.395 e. The number of aliphatic hydroxyl groups is 1. The molecule has 0 saturated heterocycles. The molecule has 0 amide bonds. The van der Waals surface area contributed by atoms with E-state index < -0.39 is 35.2 Å². The fourth-order valence-corrected chi connectivity index (χ4v) is 3.20. The van der Waals surface area contributed by atoms with Crippen molar-refractivity contribution >= 4 is 20.0 Å². The maximum atomic E-state index is 11.5. The Morgan fingerprint density at radius 3 is 1.64 bits per heavy atom. The summed E-state index contributed by atoms with van der Waals surface area (Å²) in [6, 6.07) is 0. The van der Waals surface area contributed by atoms with Crippen LogP contribution in [-0.2, 0) is 20.0 Å². The van der Waals surface area contributed by atoms with Gasteiger partial charge in [0.15, 0.2) is 0 Å². The summed E-state index contributed by atoms with van der Waals surface area (Å²) in [6.45, 7) is 3.06. The van der Waals surface area contributed by atoms with Crippen LogP contribution in [0.1, 0.15) is 6.92 Å². The summed E-state index contributed by atoms with van der Waals surface area (Å²) in [4.78, 5) is 4.20. The van der Waals surface area contributed by atoms with Crippen LogP contribution in [0.25, 0.3) is 0 Å². The third kappa shape index (κ3) is 6.52. The van der Waals surface area contributed by atoms with Crippen molar-refractivity contribution in [1.29, 1.82) is 0 Å². The number of rotatable bonds is 4. The molecule has 1 atom stereocenters. The van der Waals surface area contributed by atoms with Gasteiger partial charge >= 0.3 is 31.1 Å². The molecule has 0 radical (unpaired) electrons. The van der Waals surface area contributed by atoms with Crippen molar-refractivity contribution in [2.45, 2.75) is 24.1 Å². The lowest BCUT2D eigenvalue weighted by molar-refractivity contribution is -0.0476. The first-order valence-electron chi connectivity index (χ1n) is 6.14. The number of nitrogens with zero attached hydrogens (tertiary/aromatic N) is 2. The van der Waals surface area contributed by atoms with E-state index in [1.807, 2.05) is 19.4 Å². The van der Waals surface area contributed by atoms with E-state index in [1.54, 1.807) is 0 Å². The normalized spacial score (nSPS) is 19.0. The van der Waals surface area contributed by atoms with Gasteiger partial charge in [-0.05, 0) is 6.92 Å². The van der Waals surface area contributed by atoms with Gasteiger partial charge in [0.05, 0.1) is 12.8 Å². The first kappa shape index (κ1) is 23.7. The van der Waals surface area contributed by atoms with Crippen LogP contribution >= 0.6 is 0 Å². The summed E-state index contributed by atoms with van der Waals surface area (Å²) >= 11 is 0. The fraction of sp³-hybridized carbons (Fsp3) is 0.778. The van der Waals surface area contributed by atoms with Gasteiger partial charge in [-0.3, -0.25) is 0 Å². The van der Waals surface area contributed by atoms with Crippen molar-refractivity contribution in [3.8, 4) is 0 Å². The molecular formula is C9H15F6N3O5S2. The Morgan fingerprint density at radius 1 is 1.00 bits per heavy atom. The molecule has 1 aliphatic rings. The first-order valence-corrected chi connectivity index (χ1v) is 9.11. The van der Waals surface area contributed by atoms with Crippen molar-refractivity contribution in [2.24, 2.45) is 0 Å². The molecule has 1 unspecified atom stereocenters. The molecule has 2 N–H and O–H groups in total. The van der Waals surface area contributed by atoms with Gasteiger partial charge in [-0.15, -0.1) is 0 Å². The number of hydrogen-bond acceptors (Lipinski definition) is 7. The molecule has 0 saturated carbocycles. The fourth-order valence-electron chi connectivity index (χ4n) is 1.29. The largest absolute Gasteiger partial charge is 0.512 e. The van der Waals surface area contributed by atoms with Crippen LogP contribution in [0.2, 0.25) is 0 Å². The Labute approximate surface area is 139 Å². The highest BCUT2D eigenvalue weighted by molar-refractivity contribution is 8.05. The Kier molecular flexibility index (Phi) is 7.56. The maximum absolute atomic E-state index is 11.5. The summed E-state index contributed by atoms with van der Waals surface area (Å²) in [5, 5.41) is 8.64. The number of aliphatic hydroxyl groups excluding tert-OH is 1. The minimum Gasteiger partial charge on any atom is -0.395 e. The lowest BCUT2D eigenvalue weighted by atomic mass is 10.4. The van der Waals surface area contributed by atoms with Crippen molar-refractivity contribution in [3.05, 3.63) is 12.4 Å². The van der Waals surface area contributed by atoms with Gasteiger partial charge in [-0.2, -0.15) is 26.3 Å². The monoisotopic (exact) mass is 423 g/mol. The van der Waals surface area contributed by atoms with Crippen LogP contribution in [0.15, 0.2) is 12.4 Å². The molecule has 0 aliphatic carbocycles. The van der Waals surface area contributed by atoms with E-state index in [1.165, 1.54) is 0 Å². The zero-order valence-electron chi connectivity index (χ0n) is 12.7. The molecule has 16 heteroatoms. The van der Waals surface area contributed by atoms with Gasteiger partial charge in [0, 0.05) is 26.0 Å². The Balaban J connectivity index is 0.000000496. The standard InChI is InChI=1S/C7H14N2O.C2HF6NO4S2/c1-7-8(2)3-4-9(7)5-6-10;3-1(4,5)14(10,11)9-15(12,13)2(6,7)8/h3-4,7,10H,5-6H2,1-2H3;9H. The number of hydrogen-bond donors (Lipinski definition) is 2. The molecule has 1 heterocycles. The van der Waals surface area contributed by atoms with E-state index in [0.717, 1.165) is 6.54 Å². The Hall–Kier alpha value is -1.26. The first-order chi connectivity index (χ1) is 11.0. The summed E-state index contributed by atoms with van der Waals surface area (Å²) in [7, 11) is -11.2. The highest BCUT2D eigenvalue weighted by Gasteiger charge is 2.55. The summed E-state index contributed by atoms with van der Waals surface area (Å²) in [5.74, 6) is 0. The number of nitrogens with one attached hydrogen (secondary N) is 1. The van der Waals surface area contributed by atoms with Crippen molar-refractivity contribution in [2.75, 3.05) is 20.2 Å². The summed E-state index contributed by atoms with van der Waals surface area (Å²) in [5.41, 5.74) is -12.3. The Morgan fingerprint density at radius 2 is 1.40 bits per heavy atom. The molecule has 0 aromatic carbocycles. The maximum Gasteiger partial charge on any atom is 0.512 e. The molecule has 8 nitrogen and oxygen atoms in total. The van der Waals surface area contributed by atoms with E-state index >= 15 is 0 Å². The highest BCUT2D eigenvalue weighted by Crippen LogP contribution is 2.27. The lowest BCUT2D eigenvalue weighted by Crippen LogP contribution is -2.45. The van der Waals surface area contributed by atoms with Gasteiger partial charge in [0.25, 0.3) is 0 Å². The van der Waals surface area contributed by atoms with Crippen LogP contribution in [-0.4, -0.2) is 69.1 Å². The van der Waals surface area contributed by atoms with Crippen LogP contribution in [0.4, 0.5) is 26.3 Å². The molecular weight excluding hydrogens is 408 g/mol. The minimum absolute atomic E-state index is 0.225. The van der Waals surface area contributed by atoms with Gasteiger partial charge in [-0.1, -0.05) is 4.13 Å². The lowest BCUT2D eigenvalue weighted by Gasteiger charge is -2.26. The van der Waals surface area contributed by atoms with Crippen LogP contribution in [0.3, 0.4) is 0 Å². The van der Waals surface area contributed by atoms with Crippen LogP contribution in [0.5, 0.6) is 0 Å². The zero-order valence-corrected chi connectivity index (χ0v) is 14.3. The van der Waals surface area contributed by atoms with E-state index in [9.17, 15) is 43.2 Å². The van der Waals surface area contributed by atoms with Crippen molar-refractivity contribution in [3.63, 3.8) is 0 Å². The third-order valence-electron chi connectivity index (χ3n) is 2.75. The quantitative estimate of drug-likeness (QED) is 0.627. The number of alkyl halides is 6. The molecule has 150 valence electrons. The van der Waals surface area contributed by atoms with Crippen LogP contribution in [0, 0.1) is 0 Å². The molecule has 0 spiro atoms. The predicted molar refractivity (Wildman–Crippen MR) is 73.2 cm³/mol. The second kappa shape index (κ2) is 7.96. The second-order valence-corrected chi connectivity index (χ2v) is 8.14. The van der Waals surface area contributed by atoms with E-state index in [2.05, 4.69) is 16.7 Å². The SMILES string of the molecule is CC1N(C)C=CN1CCO.O=S(=O)(NS(=O)(=O)C(F)(F)F)C(F)(F)F. The molecule has 1 aliphatic heterocycles. The average molecular weight is 423 g/mol. The second-order valence-electron chi connectivity index (χ2n) is 4.54. The van der Waals surface area contributed by atoms with Gasteiger partial charge in [0.2, 0.25) is 0 Å². The average Bonchev–Trinajstić information content (AvgIpc) is 2.68. The van der Waals surface area contributed by atoms with Crippen molar-refractivity contribution < 1.29 is 48.3 Å². The number of β-amino-alcohol motifs (C(OH)–C–C–N with tert-alkyl or cyclic N) is 1. The van der Waals surface area contributed by atoms with E-state index in [0.29, 0.717) is 6.17 Å². The predicted octanol–water partition coefficient (Wildman–Crippen LogP) is 0.319. The molecule has 25 heavy (non-hydrogen) atoms. The highest BCUT2D eigenvalue weighted by atomic mass is 32.3. The number of halogens is 6. The van der Waals surface area contributed by atoms with E-state index in [4.69, 9.17) is 5.11 Å². The van der Waals surface area contributed by atoms with Crippen molar-refractivity contribution in [1.82, 2.24) is 13.9 Å². The van der Waals surface area contributed by atoms with Gasteiger partial charge in [-0.25, -0.2) is 16.8 Å². The summed E-state index contributed by atoms with van der Waals surface area (Å²) < 4.78 is 108. The molecule has 0 fully saturated rings.